The quantitative estimate of drug-likeness (QED) is 0.550. The molecule has 3 rings (SSSR count). The number of carbonyl (C=O) groups is 1. The van der Waals surface area contributed by atoms with Gasteiger partial charge in [0.05, 0.1) is 23.7 Å². The van der Waals surface area contributed by atoms with Crippen molar-refractivity contribution >= 4 is 21.6 Å². The molecule has 1 atom stereocenters. The Morgan fingerprint density at radius 3 is 2.25 bits per heavy atom. The van der Waals surface area contributed by atoms with Gasteiger partial charge in [-0.2, -0.15) is 0 Å². The van der Waals surface area contributed by atoms with Crippen molar-refractivity contribution in [3.05, 3.63) is 89.5 Å². The summed E-state index contributed by atoms with van der Waals surface area (Å²) in [7, 11) is -2.35. The largest absolute Gasteiger partial charge is 0.497 e. The third-order valence-electron chi connectivity index (χ3n) is 5.46. The zero-order valence-corrected chi connectivity index (χ0v) is 19.5. The first-order chi connectivity index (χ1) is 15.2. The highest BCUT2D eigenvalue weighted by atomic mass is 32.2. The number of nitrogens with zero attached hydrogens (tertiary/aromatic N) is 1. The molecule has 0 spiro atoms. The van der Waals surface area contributed by atoms with Gasteiger partial charge in [-0.3, -0.25) is 9.10 Å². The van der Waals surface area contributed by atoms with Gasteiger partial charge in [-0.15, -0.1) is 0 Å². The Morgan fingerprint density at radius 1 is 0.969 bits per heavy atom. The molecule has 168 valence electrons. The topological polar surface area (TPSA) is 75.7 Å². The Bertz CT molecular complexity index is 1180. The maximum absolute atomic E-state index is 13.5. The number of benzene rings is 3. The van der Waals surface area contributed by atoms with Gasteiger partial charge in [0.25, 0.3) is 10.0 Å². The predicted molar refractivity (Wildman–Crippen MR) is 126 cm³/mol. The molecule has 0 aromatic heterocycles. The van der Waals surface area contributed by atoms with E-state index in [2.05, 4.69) is 5.32 Å². The minimum Gasteiger partial charge on any atom is -0.497 e. The minimum absolute atomic E-state index is 0.136. The number of hydrogen-bond acceptors (Lipinski definition) is 4. The SMILES string of the molecule is COc1ccc([C@H](C)NC(=O)CN(c2cccc(C)c2C)S(=O)(=O)c2ccccc2)cc1. The number of carbonyl (C=O) groups excluding carboxylic acids is 1. The number of hydrogen-bond donors (Lipinski definition) is 1. The molecule has 1 N–H and O–H groups in total. The summed E-state index contributed by atoms with van der Waals surface area (Å²) in [6.45, 7) is 5.30. The number of sulfonamides is 1. The lowest BCUT2D eigenvalue weighted by Gasteiger charge is -2.27. The summed E-state index contributed by atoms with van der Waals surface area (Å²) < 4.78 is 33.3. The first-order valence-corrected chi connectivity index (χ1v) is 11.8. The van der Waals surface area contributed by atoms with Crippen molar-refractivity contribution in [3.63, 3.8) is 0 Å². The standard InChI is InChI=1S/C25H28N2O4S/c1-18-9-8-12-24(19(18)2)27(32(29,30)23-10-6-5-7-11-23)17-25(28)26-20(3)21-13-15-22(31-4)16-14-21/h5-16,20H,17H2,1-4H3,(H,26,28)/t20-/m0/s1. The van der Waals surface area contributed by atoms with Gasteiger partial charge in [-0.05, 0) is 67.8 Å². The van der Waals surface area contributed by atoms with Crippen LogP contribution in [-0.4, -0.2) is 28.0 Å². The van der Waals surface area contributed by atoms with Crippen LogP contribution in [0.5, 0.6) is 5.75 Å². The molecule has 0 saturated carbocycles. The molecule has 0 radical (unpaired) electrons. The van der Waals surface area contributed by atoms with E-state index in [4.69, 9.17) is 4.74 Å². The van der Waals surface area contributed by atoms with E-state index < -0.39 is 15.9 Å². The lowest BCUT2D eigenvalue weighted by molar-refractivity contribution is -0.120. The summed E-state index contributed by atoms with van der Waals surface area (Å²) in [6.07, 6.45) is 0. The Hall–Kier alpha value is -3.32. The van der Waals surface area contributed by atoms with E-state index in [1.54, 1.807) is 37.4 Å². The highest BCUT2D eigenvalue weighted by Crippen LogP contribution is 2.28. The average molecular weight is 453 g/mol. The van der Waals surface area contributed by atoms with Crippen LogP contribution in [0.2, 0.25) is 0 Å². The summed E-state index contributed by atoms with van der Waals surface area (Å²) in [4.78, 5) is 13.1. The second-order valence-corrected chi connectivity index (χ2v) is 9.47. The second-order valence-electron chi connectivity index (χ2n) is 7.61. The molecular formula is C25H28N2O4S. The van der Waals surface area contributed by atoms with E-state index in [0.29, 0.717) is 5.69 Å². The number of amides is 1. The highest BCUT2D eigenvalue weighted by molar-refractivity contribution is 7.92. The summed E-state index contributed by atoms with van der Waals surface area (Å²) in [5.41, 5.74) is 3.13. The van der Waals surface area contributed by atoms with Gasteiger partial charge in [0.2, 0.25) is 5.91 Å². The van der Waals surface area contributed by atoms with Crippen LogP contribution in [0, 0.1) is 13.8 Å². The van der Waals surface area contributed by atoms with Gasteiger partial charge in [0, 0.05) is 0 Å². The normalized spacial score (nSPS) is 12.1. The molecule has 0 unspecified atom stereocenters. The number of nitrogens with one attached hydrogen (secondary N) is 1. The van der Waals surface area contributed by atoms with Crippen LogP contribution in [0.4, 0.5) is 5.69 Å². The summed E-state index contributed by atoms with van der Waals surface area (Å²) >= 11 is 0. The molecule has 32 heavy (non-hydrogen) atoms. The van der Waals surface area contributed by atoms with Crippen LogP contribution < -0.4 is 14.4 Å². The molecule has 0 aliphatic rings. The van der Waals surface area contributed by atoms with Crippen molar-refractivity contribution in [1.29, 1.82) is 0 Å². The maximum atomic E-state index is 13.5. The molecule has 0 aliphatic carbocycles. The van der Waals surface area contributed by atoms with Gasteiger partial charge in [0.1, 0.15) is 12.3 Å². The molecular weight excluding hydrogens is 424 g/mol. The molecule has 0 fully saturated rings. The van der Waals surface area contributed by atoms with E-state index in [-0.39, 0.29) is 17.5 Å². The van der Waals surface area contributed by atoms with Crippen LogP contribution in [0.1, 0.15) is 29.7 Å². The Balaban J connectivity index is 1.90. The Labute approximate surface area is 189 Å². The number of ether oxygens (including phenoxy) is 1. The third kappa shape index (κ3) is 5.11. The van der Waals surface area contributed by atoms with Crippen molar-refractivity contribution in [3.8, 4) is 5.75 Å². The molecule has 6 nitrogen and oxygen atoms in total. The zero-order chi connectivity index (χ0) is 23.3. The summed E-state index contributed by atoms with van der Waals surface area (Å²) in [5.74, 6) is 0.330. The molecule has 0 saturated heterocycles. The Kier molecular flexibility index (Phi) is 7.20. The van der Waals surface area contributed by atoms with Gasteiger partial charge >= 0.3 is 0 Å². The number of methoxy groups -OCH3 is 1. The molecule has 0 aliphatic heterocycles. The number of anilines is 1. The predicted octanol–water partition coefficient (Wildman–Crippen LogP) is 4.38. The second kappa shape index (κ2) is 9.87. The lowest BCUT2D eigenvalue weighted by Crippen LogP contribution is -2.42. The van der Waals surface area contributed by atoms with E-state index >= 15 is 0 Å². The van der Waals surface area contributed by atoms with E-state index in [9.17, 15) is 13.2 Å². The molecule has 0 heterocycles. The van der Waals surface area contributed by atoms with Crippen LogP contribution in [-0.2, 0) is 14.8 Å². The smallest absolute Gasteiger partial charge is 0.264 e. The highest BCUT2D eigenvalue weighted by Gasteiger charge is 2.28. The van der Waals surface area contributed by atoms with Crippen molar-refractivity contribution in [2.75, 3.05) is 18.0 Å². The van der Waals surface area contributed by atoms with Crippen molar-refractivity contribution < 1.29 is 17.9 Å². The van der Waals surface area contributed by atoms with Gasteiger partial charge < -0.3 is 10.1 Å². The fourth-order valence-electron chi connectivity index (χ4n) is 3.42. The zero-order valence-electron chi connectivity index (χ0n) is 18.7. The van der Waals surface area contributed by atoms with E-state index in [0.717, 1.165) is 22.4 Å². The van der Waals surface area contributed by atoms with Crippen molar-refractivity contribution in [2.24, 2.45) is 0 Å². The van der Waals surface area contributed by atoms with Crippen LogP contribution in [0.25, 0.3) is 0 Å². The number of aryl methyl sites for hydroxylation is 1. The van der Waals surface area contributed by atoms with Gasteiger partial charge in [-0.25, -0.2) is 8.42 Å². The van der Waals surface area contributed by atoms with Crippen molar-refractivity contribution in [2.45, 2.75) is 31.7 Å². The first-order valence-electron chi connectivity index (χ1n) is 10.3. The monoisotopic (exact) mass is 452 g/mol. The van der Waals surface area contributed by atoms with Crippen LogP contribution in [0.15, 0.2) is 77.7 Å². The molecule has 3 aromatic carbocycles. The van der Waals surface area contributed by atoms with Gasteiger partial charge in [0.15, 0.2) is 0 Å². The molecule has 3 aromatic rings. The number of rotatable bonds is 8. The van der Waals surface area contributed by atoms with Crippen LogP contribution >= 0.6 is 0 Å². The fraction of sp³-hybridized carbons (Fsp3) is 0.240. The van der Waals surface area contributed by atoms with E-state index in [1.165, 1.54) is 16.4 Å². The van der Waals surface area contributed by atoms with Gasteiger partial charge in [-0.1, -0.05) is 42.5 Å². The summed E-state index contributed by atoms with van der Waals surface area (Å²) in [6, 6.07) is 20.7. The van der Waals surface area contributed by atoms with E-state index in [1.807, 2.05) is 51.1 Å². The average Bonchev–Trinajstić information content (AvgIpc) is 2.80. The lowest BCUT2D eigenvalue weighted by atomic mass is 10.1. The summed E-state index contributed by atoms with van der Waals surface area (Å²) in [5, 5.41) is 2.91. The maximum Gasteiger partial charge on any atom is 0.264 e. The fourth-order valence-corrected chi connectivity index (χ4v) is 4.92. The molecule has 0 bridgehead atoms. The minimum atomic E-state index is -3.94. The molecule has 1 amide bonds. The third-order valence-corrected chi connectivity index (χ3v) is 7.23. The first kappa shape index (κ1) is 23.3. The van der Waals surface area contributed by atoms with Crippen molar-refractivity contribution in [1.82, 2.24) is 5.32 Å². The van der Waals surface area contributed by atoms with Crippen LogP contribution in [0.3, 0.4) is 0 Å². The molecule has 7 heteroatoms. The Morgan fingerprint density at radius 2 is 1.62 bits per heavy atom.